The molecule has 1 aliphatic heterocycles. The molecule has 0 saturated carbocycles. The third-order valence-corrected chi connectivity index (χ3v) is 3.84. The summed E-state index contributed by atoms with van der Waals surface area (Å²) in [7, 11) is -3.67. The van der Waals surface area contributed by atoms with E-state index in [1.165, 1.54) is 6.07 Å². The molecule has 0 unspecified atom stereocenters. The van der Waals surface area contributed by atoms with Gasteiger partial charge in [0.25, 0.3) is 0 Å². The summed E-state index contributed by atoms with van der Waals surface area (Å²) < 4.78 is 28.3. The van der Waals surface area contributed by atoms with Crippen LogP contribution in [0, 0.1) is 0 Å². The lowest BCUT2D eigenvalue weighted by Gasteiger charge is -2.20. The van der Waals surface area contributed by atoms with Gasteiger partial charge in [0, 0.05) is 12.0 Å². The van der Waals surface area contributed by atoms with Crippen LogP contribution in [-0.2, 0) is 16.4 Å². The number of nitrogens with two attached hydrogens (primary N) is 1. The molecular weight excluding hydrogens is 250 g/mol. The maximum absolute atomic E-state index is 11.3. The third-order valence-electron chi connectivity index (χ3n) is 2.93. The number of para-hydroxylation sites is 1. The number of primary sulfonamides is 1. The van der Waals surface area contributed by atoms with Gasteiger partial charge in [0.2, 0.25) is 10.0 Å². The SMILES string of the molecule is NS(=O)(=O)c1ccc2c(c1)Cc1ccccc1O2. The van der Waals surface area contributed by atoms with Gasteiger partial charge in [-0.2, -0.15) is 0 Å². The van der Waals surface area contributed by atoms with Gasteiger partial charge >= 0.3 is 0 Å². The molecule has 0 atom stereocenters. The van der Waals surface area contributed by atoms with E-state index in [9.17, 15) is 8.42 Å². The first-order chi connectivity index (χ1) is 8.54. The van der Waals surface area contributed by atoms with E-state index in [4.69, 9.17) is 9.88 Å². The summed E-state index contributed by atoms with van der Waals surface area (Å²) in [6.45, 7) is 0. The average molecular weight is 261 g/mol. The highest BCUT2D eigenvalue weighted by molar-refractivity contribution is 7.89. The molecule has 5 heteroatoms. The van der Waals surface area contributed by atoms with Gasteiger partial charge in [-0.25, -0.2) is 13.6 Å². The first-order valence-corrected chi connectivity index (χ1v) is 7.00. The van der Waals surface area contributed by atoms with Gasteiger partial charge < -0.3 is 4.74 Å². The minimum atomic E-state index is -3.67. The zero-order valence-electron chi connectivity index (χ0n) is 9.46. The quantitative estimate of drug-likeness (QED) is 0.728. The summed E-state index contributed by atoms with van der Waals surface area (Å²) in [6, 6.07) is 12.4. The molecule has 0 radical (unpaired) electrons. The van der Waals surface area contributed by atoms with Crippen LogP contribution >= 0.6 is 0 Å². The van der Waals surface area contributed by atoms with Gasteiger partial charge in [-0.05, 0) is 29.8 Å². The Labute approximate surface area is 105 Å². The highest BCUT2D eigenvalue weighted by Crippen LogP contribution is 2.36. The summed E-state index contributed by atoms with van der Waals surface area (Å²) in [5.41, 5.74) is 1.87. The molecule has 2 N–H and O–H groups in total. The number of benzene rings is 2. The summed E-state index contributed by atoms with van der Waals surface area (Å²) in [5, 5.41) is 5.12. The van der Waals surface area contributed by atoms with E-state index in [1.807, 2.05) is 24.3 Å². The van der Waals surface area contributed by atoms with Crippen LogP contribution in [0.4, 0.5) is 0 Å². The summed E-state index contributed by atoms with van der Waals surface area (Å²) >= 11 is 0. The van der Waals surface area contributed by atoms with Crippen LogP contribution in [0.15, 0.2) is 47.4 Å². The first-order valence-electron chi connectivity index (χ1n) is 5.45. The minimum absolute atomic E-state index is 0.115. The van der Waals surface area contributed by atoms with Crippen molar-refractivity contribution in [1.29, 1.82) is 0 Å². The Morgan fingerprint density at radius 3 is 2.50 bits per heavy atom. The second-order valence-corrected chi connectivity index (χ2v) is 5.76. The Kier molecular flexibility index (Phi) is 2.39. The van der Waals surface area contributed by atoms with Gasteiger partial charge in [0.15, 0.2) is 0 Å². The standard InChI is InChI=1S/C13H11NO3S/c14-18(15,16)11-5-6-13-10(8-11)7-9-3-1-2-4-12(9)17-13/h1-6,8H,7H2,(H2,14,15,16). The molecule has 92 valence electrons. The smallest absolute Gasteiger partial charge is 0.238 e. The Morgan fingerprint density at radius 1 is 1.00 bits per heavy atom. The van der Waals surface area contributed by atoms with Crippen molar-refractivity contribution in [1.82, 2.24) is 0 Å². The van der Waals surface area contributed by atoms with Gasteiger partial charge in [0.1, 0.15) is 11.5 Å². The van der Waals surface area contributed by atoms with Crippen molar-refractivity contribution < 1.29 is 13.2 Å². The molecule has 3 rings (SSSR count). The fourth-order valence-corrected chi connectivity index (χ4v) is 2.61. The second-order valence-electron chi connectivity index (χ2n) is 4.20. The second kappa shape index (κ2) is 3.83. The molecule has 0 bridgehead atoms. The van der Waals surface area contributed by atoms with Crippen LogP contribution in [-0.4, -0.2) is 8.42 Å². The van der Waals surface area contributed by atoms with Crippen molar-refractivity contribution in [2.75, 3.05) is 0 Å². The predicted molar refractivity (Wildman–Crippen MR) is 67.1 cm³/mol. The summed E-state index contributed by atoms with van der Waals surface area (Å²) in [4.78, 5) is 0.115. The van der Waals surface area contributed by atoms with Crippen LogP contribution in [0.2, 0.25) is 0 Å². The third kappa shape index (κ3) is 1.87. The van der Waals surface area contributed by atoms with Crippen molar-refractivity contribution in [2.24, 2.45) is 5.14 Å². The van der Waals surface area contributed by atoms with E-state index in [-0.39, 0.29) is 4.90 Å². The summed E-state index contributed by atoms with van der Waals surface area (Å²) in [5.74, 6) is 1.49. The van der Waals surface area contributed by atoms with Crippen LogP contribution in [0.3, 0.4) is 0 Å². The van der Waals surface area contributed by atoms with E-state index >= 15 is 0 Å². The molecule has 18 heavy (non-hydrogen) atoms. The zero-order chi connectivity index (χ0) is 12.8. The maximum Gasteiger partial charge on any atom is 0.238 e. The molecule has 2 aromatic carbocycles. The Bertz CT molecular complexity index is 723. The lowest BCUT2D eigenvalue weighted by molar-refractivity contribution is 0.459. The molecular formula is C13H11NO3S. The Balaban J connectivity index is 2.09. The van der Waals surface area contributed by atoms with Gasteiger partial charge in [0.05, 0.1) is 4.90 Å². The molecule has 1 heterocycles. The Morgan fingerprint density at radius 2 is 1.72 bits per heavy atom. The van der Waals surface area contributed by atoms with Crippen LogP contribution in [0.1, 0.15) is 11.1 Å². The number of fused-ring (bicyclic) bond motifs is 2. The maximum atomic E-state index is 11.3. The fraction of sp³-hybridized carbons (Fsp3) is 0.0769. The first kappa shape index (κ1) is 11.3. The number of ether oxygens (including phenoxy) is 1. The molecule has 0 amide bonds. The highest BCUT2D eigenvalue weighted by Gasteiger charge is 2.18. The van der Waals surface area contributed by atoms with Gasteiger partial charge in [-0.1, -0.05) is 18.2 Å². The normalized spacial score (nSPS) is 13.4. The van der Waals surface area contributed by atoms with Crippen LogP contribution in [0.25, 0.3) is 0 Å². The average Bonchev–Trinajstić information content (AvgIpc) is 2.34. The molecule has 1 aliphatic rings. The van der Waals surface area contributed by atoms with E-state index in [2.05, 4.69) is 0 Å². The molecule has 0 fully saturated rings. The summed E-state index contributed by atoms with van der Waals surface area (Å²) in [6.07, 6.45) is 0.648. The van der Waals surface area contributed by atoms with Crippen molar-refractivity contribution >= 4 is 10.0 Å². The van der Waals surface area contributed by atoms with Crippen molar-refractivity contribution in [3.8, 4) is 11.5 Å². The Hall–Kier alpha value is -1.85. The van der Waals surface area contributed by atoms with Crippen LogP contribution < -0.4 is 9.88 Å². The molecule has 0 aliphatic carbocycles. The lowest BCUT2D eigenvalue weighted by atomic mass is 10.0. The number of hydrogen-bond donors (Lipinski definition) is 1. The molecule has 2 aromatic rings. The number of rotatable bonds is 1. The van der Waals surface area contributed by atoms with E-state index in [0.717, 1.165) is 16.9 Å². The van der Waals surface area contributed by atoms with E-state index in [1.54, 1.807) is 12.1 Å². The molecule has 0 aromatic heterocycles. The lowest BCUT2D eigenvalue weighted by Crippen LogP contribution is -2.13. The van der Waals surface area contributed by atoms with E-state index in [0.29, 0.717) is 12.2 Å². The minimum Gasteiger partial charge on any atom is -0.457 e. The molecule has 0 saturated heterocycles. The highest BCUT2D eigenvalue weighted by atomic mass is 32.2. The monoisotopic (exact) mass is 261 g/mol. The van der Waals surface area contributed by atoms with Crippen LogP contribution in [0.5, 0.6) is 11.5 Å². The van der Waals surface area contributed by atoms with Gasteiger partial charge in [-0.15, -0.1) is 0 Å². The van der Waals surface area contributed by atoms with Crippen molar-refractivity contribution in [2.45, 2.75) is 11.3 Å². The molecule has 4 nitrogen and oxygen atoms in total. The fourth-order valence-electron chi connectivity index (χ4n) is 2.04. The molecule has 0 spiro atoms. The van der Waals surface area contributed by atoms with Crippen molar-refractivity contribution in [3.63, 3.8) is 0 Å². The zero-order valence-corrected chi connectivity index (χ0v) is 10.3. The predicted octanol–water partition coefficient (Wildman–Crippen LogP) is 2.03. The van der Waals surface area contributed by atoms with Gasteiger partial charge in [-0.3, -0.25) is 0 Å². The van der Waals surface area contributed by atoms with E-state index < -0.39 is 10.0 Å². The number of sulfonamides is 1. The van der Waals surface area contributed by atoms with Crippen molar-refractivity contribution in [3.05, 3.63) is 53.6 Å². The topological polar surface area (TPSA) is 69.4 Å². The largest absolute Gasteiger partial charge is 0.457 e. The number of hydrogen-bond acceptors (Lipinski definition) is 3.